The van der Waals surface area contributed by atoms with Gasteiger partial charge in [-0.15, -0.1) is 0 Å². The summed E-state index contributed by atoms with van der Waals surface area (Å²) in [5.41, 5.74) is 9.23. The number of carbonyl (C=O) groups is 2. The fourth-order valence-corrected chi connectivity index (χ4v) is 3.44. The lowest BCUT2D eigenvalue weighted by Crippen LogP contribution is -2.28. The molecule has 0 saturated heterocycles. The molecule has 2 amide bonds. The number of carbonyl (C=O) groups excluding carboxylic acids is 1. The molecule has 2 aromatic carbocycles. The van der Waals surface area contributed by atoms with Gasteiger partial charge in [-0.1, -0.05) is 36.4 Å². The first kappa shape index (κ1) is 22.5. The van der Waals surface area contributed by atoms with E-state index in [4.69, 9.17) is 5.73 Å². The Bertz CT molecular complexity index is 1250. The summed E-state index contributed by atoms with van der Waals surface area (Å²) in [6, 6.07) is 19.9. The summed E-state index contributed by atoms with van der Waals surface area (Å²) in [6.45, 7) is 0.430. The Morgan fingerprint density at radius 3 is 2.41 bits per heavy atom. The van der Waals surface area contributed by atoms with Crippen molar-refractivity contribution < 1.29 is 14.7 Å². The molecule has 0 aliphatic heterocycles. The van der Waals surface area contributed by atoms with Crippen LogP contribution in [0.25, 0.3) is 5.69 Å². The van der Waals surface area contributed by atoms with E-state index in [0.29, 0.717) is 23.7 Å². The van der Waals surface area contributed by atoms with Crippen molar-refractivity contribution in [2.75, 3.05) is 11.1 Å². The maximum atomic E-state index is 12.1. The van der Waals surface area contributed by atoms with Gasteiger partial charge in [0.05, 0.1) is 12.0 Å². The van der Waals surface area contributed by atoms with Crippen LogP contribution in [0.15, 0.2) is 85.5 Å². The first-order valence-electron chi connectivity index (χ1n) is 10.6. The van der Waals surface area contributed by atoms with Crippen molar-refractivity contribution in [2.24, 2.45) is 0 Å². The molecule has 0 fully saturated rings. The van der Waals surface area contributed by atoms with Crippen LogP contribution in [0.2, 0.25) is 0 Å². The third kappa shape index (κ3) is 5.77. The molecule has 34 heavy (non-hydrogen) atoms. The highest BCUT2D eigenvalue weighted by molar-refractivity contribution is 5.89. The zero-order valence-corrected chi connectivity index (χ0v) is 18.3. The lowest BCUT2D eigenvalue weighted by molar-refractivity contribution is -0.138. The molecule has 0 spiro atoms. The van der Waals surface area contributed by atoms with E-state index in [-0.39, 0.29) is 12.5 Å². The number of urea groups is 1. The second-order valence-electron chi connectivity index (χ2n) is 7.73. The number of pyridine rings is 1. The third-order valence-electron chi connectivity index (χ3n) is 5.26. The standard InChI is InChI=1S/C25H24N6O3/c26-23-11-6-18(14-27-23)12-21(24(32)33)22-15-31(16-29-22)20-9-7-19(8-10-20)30-25(34)28-13-17-4-2-1-3-5-17/h1-11,14-16,21H,12-13H2,(H2,26,27)(H,32,33)(H2,28,30,34). The number of amides is 2. The van der Waals surface area contributed by atoms with Gasteiger partial charge in [0.2, 0.25) is 0 Å². The van der Waals surface area contributed by atoms with Crippen molar-refractivity contribution >= 4 is 23.5 Å². The minimum atomic E-state index is -0.969. The molecule has 9 nitrogen and oxygen atoms in total. The quantitative estimate of drug-likeness (QED) is 0.320. The number of carboxylic acids is 1. The summed E-state index contributed by atoms with van der Waals surface area (Å²) < 4.78 is 1.74. The number of aromatic nitrogens is 3. The molecule has 0 saturated carbocycles. The number of benzene rings is 2. The number of aliphatic carboxylic acids is 1. The molecule has 4 rings (SSSR count). The summed E-state index contributed by atoms with van der Waals surface area (Å²) in [5, 5.41) is 15.3. The third-order valence-corrected chi connectivity index (χ3v) is 5.26. The summed E-state index contributed by atoms with van der Waals surface area (Å²) >= 11 is 0. The highest BCUT2D eigenvalue weighted by Crippen LogP contribution is 2.22. The van der Waals surface area contributed by atoms with Gasteiger partial charge in [-0.2, -0.15) is 0 Å². The summed E-state index contributed by atoms with van der Waals surface area (Å²) in [6.07, 6.45) is 5.09. The average molecular weight is 457 g/mol. The topological polar surface area (TPSA) is 135 Å². The Kier molecular flexibility index (Phi) is 6.83. The van der Waals surface area contributed by atoms with Crippen molar-refractivity contribution in [1.82, 2.24) is 19.9 Å². The first-order valence-corrected chi connectivity index (χ1v) is 10.6. The number of rotatable bonds is 8. The van der Waals surface area contributed by atoms with E-state index < -0.39 is 11.9 Å². The van der Waals surface area contributed by atoms with Crippen LogP contribution < -0.4 is 16.4 Å². The molecule has 5 N–H and O–H groups in total. The van der Waals surface area contributed by atoms with Gasteiger partial charge in [-0.25, -0.2) is 14.8 Å². The van der Waals surface area contributed by atoms with Gasteiger partial charge in [-0.3, -0.25) is 4.79 Å². The zero-order valence-electron chi connectivity index (χ0n) is 18.3. The minimum Gasteiger partial charge on any atom is -0.481 e. The van der Waals surface area contributed by atoms with E-state index in [0.717, 1.165) is 16.8 Å². The molecule has 1 unspecified atom stereocenters. The van der Waals surface area contributed by atoms with Crippen molar-refractivity contribution in [1.29, 1.82) is 0 Å². The number of anilines is 2. The van der Waals surface area contributed by atoms with Crippen LogP contribution in [0.5, 0.6) is 0 Å². The molecule has 172 valence electrons. The zero-order chi connectivity index (χ0) is 23.9. The van der Waals surface area contributed by atoms with E-state index in [1.54, 1.807) is 47.6 Å². The van der Waals surface area contributed by atoms with Crippen LogP contribution >= 0.6 is 0 Å². The summed E-state index contributed by atoms with van der Waals surface area (Å²) in [5.74, 6) is -1.41. The van der Waals surface area contributed by atoms with Crippen molar-refractivity contribution in [3.05, 3.63) is 102 Å². The van der Waals surface area contributed by atoms with Gasteiger partial charge < -0.3 is 26.0 Å². The van der Waals surface area contributed by atoms with Gasteiger partial charge in [0, 0.05) is 30.3 Å². The predicted molar refractivity (Wildman–Crippen MR) is 129 cm³/mol. The monoisotopic (exact) mass is 456 g/mol. The maximum Gasteiger partial charge on any atom is 0.319 e. The number of hydrogen-bond donors (Lipinski definition) is 4. The van der Waals surface area contributed by atoms with E-state index in [1.165, 1.54) is 0 Å². The molecule has 0 radical (unpaired) electrons. The van der Waals surface area contributed by atoms with E-state index in [2.05, 4.69) is 20.6 Å². The Balaban J connectivity index is 1.39. The van der Waals surface area contributed by atoms with Crippen LogP contribution in [-0.2, 0) is 17.8 Å². The fraction of sp³-hybridized carbons (Fsp3) is 0.120. The Morgan fingerprint density at radius 1 is 0.971 bits per heavy atom. The Labute approximate surface area is 196 Å². The van der Waals surface area contributed by atoms with Gasteiger partial charge in [0.1, 0.15) is 11.7 Å². The molecule has 2 heterocycles. The Hall–Kier alpha value is -4.66. The van der Waals surface area contributed by atoms with Crippen molar-refractivity contribution in [2.45, 2.75) is 18.9 Å². The number of nitrogen functional groups attached to an aromatic ring is 1. The van der Waals surface area contributed by atoms with Gasteiger partial charge in [0.25, 0.3) is 0 Å². The van der Waals surface area contributed by atoms with Crippen molar-refractivity contribution in [3.63, 3.8) is 0 Å². The van der Waals surface area contributed by atoms with Crippen LogP contribution in [0, 0.1) is 0 Å². The molecule has 0 aliphatic rings. The SMILES string of the molecule is Nc1ccc(CC(C(=O)O)c2cn(-c3ccc(NC(=O)NCc4ccccc4)cc3)cn2)cn1. The molecule has 4 aromatic rings. The molecular weight excluding hydrogens is 432 g/mol. The smallest absolute Gasteiger partial charge is 0.319 e. The van der Waals surface area contributed by atoms with E-state index in [1.807, 2.05) is 42.5 Å². The average Bonchev–Trinajstić information content (AvgIpc) is 3.33. The van der Waals surface area contributed by atoms with Gasteiger partial charge in [-0.05, 0) is 47.9 Å². The fourth-order valence-electron chi connectivity index (χ4n) is 3.44. The highest BCUT2D eigenvalue weighted by atomic mass is 16.4. The van der Waals surface area contributed by atoms with Crippen LogP contribution in [0.1, 0.15) is 22.7 Å². The van der Waals surface area contributed by atoms with Crippen LogP contribution in [-0.4, -0.2) is 31.6 Å². The van der Waals surface area contributed by atoms with E-state index >= 15 is 0 Å². The second-order valence-corrected chi connectivity index (χ2v) is 7.73. The number of nitrogens with two attached hydrogens (primary N) is 1. The number of nitrogens with one attached hydrogen (secondary N) is 2. The summed E-state index contributed by atoms with van der Waals surface area (Å²) in [7, 11) is 0. The molecule has 1 atom stereocenters. The van der Waals surface area contributed by atoms with Crippen LogP contribution in [0.3, 0.4) is 0 Å². The van der Waals surface area contributed by atoms with Crippen molar-refractivity contribution in [3.8, 4) is 5.69 Å². The molecular formula is C25H24N6O3. The Morgan fingerprint density at radius 2 is 1.74 bits per heavy atom. The predicted octanol–water partition coefficient (Wildman–Crippen LogP) is 3.58. The van der Waals surface area contributed by atoms with E-state index in [9.17, 15) is 14.7 Å². The molecule has 0 bridgehead atoms. The normalized spacial score (nSPS) is 11.5. The number of nitrogens with zero attached hydrogens (tertiary/aromatic N) is 3. The van der Waals surface area contributed by atoms with Gasteiger partial charge in [0.15, 0.2) is 0 Å². The number of hydrogen-bond acceptors (Lipinski definition) is 5. The minimum absolute atomic E-state index is 0.251. The molecule has 0 aliphatic carbocycles. The maximum absolute atomic E-state index is 12.1. The first-order chi connectivity index (χ1) is 16.5. The highest BCUT2D eigenvalue weighted by Gasteiger charge is 2.23. The number of imidazole rings is 1. The largest absolute Gasteiger partial charge is 0.481 e. The molecule has 9 heteroatoms. The van der Waals surface area contributed by atoms with Crippen LogP contribution in [0.4, 0.5) is 16.3 Å². The number of carboxylic acid groups (broad SMARTS) is 1. The second kappa shape index (κ2) is 10.3. The lowest BCUT2D eigenvalue weighted by atomic mass is 9.98. The summed E-state index contributed by atoms with van der Waals surface area (Å²) in [4.78, 5) is 32.3. The lowest BCUT2D eigenvalue weighted by Gasteiger charge is -2.10. The van der Waals surface area contributed by atoms with Gasteiger partial charge >= 0.3 is 12.0 Å². The molecule has 2 aromatic heterocycles.